The van der Waals surface area contributed by atoms with E-state index >= 15 is 0 Å². The highest BCUT2D eigenvalue weighted by atomic mass is 16.5. The van der Waals surface area contributed by atoms with Gasteiger partial charge in [0.05, 0.1) is 19.7 Å². The Kier molecular flexibility index (Phi) is 2.86. The molecule has 21 heavy (non-hydrogen) atoms. The first kappa shape index (κ1) is 13.1. The van der Waals surface area contributed by atoms with Crippen molar-refractivity contribution in [3.05, 3.63) is 51.7 Å². The summed E-state index contributed by atoms with van der Waals surface area (Å²) in [5.74, 6) is -1.44. The highest BCUT2D eigenvalue weighted by Gasteiger charge is 2.29. The molecule has 0 spiro atoms. The van der Waals surface area contributed by atoms with Crippen LogP contribution >= 0.6 is 0 Å². The van der Waals surface area contributed by atoms with Gasteiger partial charge in [-0.1, -0.05) is 6.07 Å². The third-order valence-corrected chi connectivity index (χ3v) is 3.40. The first-order valence-corrected chi connectivity index (χ1v) is 6.16. The fourth-order valence-corrected chi connectivity index (χ4v) is 2.54. The molecule has 0 aliphatic heterocycles. The average Bonchev–Trinajstić information content (AvgIpc) is 2.86. The Balaban J connectivity index is 2.63. The SMILES string of the molecule is COC(=O)c1c(C(=O)OC)c2c(=O)ccc3cccc1n32. The molecule has 0 saturated carbocycles. The zero-order valence-corrected chi connectivity index (χ0v) is 11.4. The van der Waals surface area contributed by atoms with Crippen LogP contribution in [-0.2, 0) is 9.47 Å². The van der Waals surface area contributed by atoms with E-state index in [0.717, 1.165) is 0 Å². The van der Waals surface area contributed by atoms with Gasteiger partial charge in [0, 0.05) is 5.52 Å². The van der Waals surface area contributed by atoms with E-state index in [2.05, 4.69) is 0 Å². The van der Waals surface area contributed by atoms with Gasteiger partial charge in [-0.05, 0) is 24.3 Å². The van der Waals surface area contributed by atoms with Crippen molar-refractivity contribution in [2.24, 2.45) is 0 Å². The van der Waals surface area contributed by atoms with Crippen LogP contribution in [0, 0.1) is 0 Å². The lowest BCUT2D eigenvalue weighted by molar-refractivity contribution is 0.0559. The Hall–Kier alpha value is -2.89. The fourth-order valence-electron chi connectivity index (χ4n) is 2.54. The molecule has 0 N–H and O–H groups in total. The molecule has 6 nitrogen and oxygen atoms in total. The number of aromatic nitrogens is 1. The number of methoxy groups -OCH3 is 2. The van der Waals surface area contributed by atoms with Crippen molar-refractivity contribution >= 4 is 28.5 Å². The predicted octanol–water partition coefficient (Wildman–Crippen LogP) is 1.46. The number of nitrogens with zero attached hydrogens (tertiary/aromatic N) is 1. The molecule has 0 aromatic carbocycles. The molecule has 0 atom stereocenters. The molecule has 0 fully saturated rings. The molecule has 0 unspecified atom stereocenters. The molecular weight excluding hydrogens is 274 g/mol. The summed E-state index contributed by atoms with van der Waals surface area (Å²) >= 11 is 0. The number of ether oxygens (including phenoxy) is 2. The van der Waals surface area contributed by atoms with Crippen LogP contribution in [0.15, 0.2) is 35.1 Å². The van der Waals surface area contributed by atoms with Gasteiger partial charge in [0.15, 0.2) is 0 Å². The van der Waals surface area contributed by atoms with Crippen LogP contribution in [0.25, 0.3) is 16.6 Å². The van der Waals surface area contributed by atoms with E-state index in [0.29, 0.717) is 11.0 Å². The molecular formula is C15H11NO5. The Bertz CT molecular complexity index is 925. The Labute approximate surface area is 118 Å². The van der Waals surface area contributed by atoms with Gasteiger partial charge in [0.25, 0.3) is 0 Å². The number of rotatable bonds is 2. The Morgan fingerprint density at radius 1 is 0.952 bits per heavy atom. The number of hydrogen-bond acceptors (Lipinski definition) is 5. The van der Waals surface area contributed by atoms with Gasteiger partial charge in [0.2, 0.25) is 5.43 Å². The normalized spacial score (nSPS) is 11.0. The van der Waals surface area contributed by atoms with Crippen molar-refractivity contribution in [3.8, 4) is 0 Å². The van der Waals surface area contributed by atoms with E-state index in [9.17, 15) is 14.4 Å². The maximum atomic E-state index is 12.2. The molecule has 6 heteroatoms. The number of hydrogen-bond donors (Lipinski definition) is 0. The Morgan fingerprint density at radius 3 is 2.29 bits per heavy atom. The second-order valence-corrected chi connectivity index (χ2v) is 4.45. The second kappa shape index (κ2) is 4.59. The van der Waals surface area contributed by atoms with Crippen LogP contribution in [0.1, 0.15) is 20.7 Å². The van der Waals surface area contributed by atoms with Gasteiger partial charge < -0.3 is 13.9 Å². The average molecular weight is 285 g/mol. The minimum atomic E-state index is -0.747. The van der Waals surface area contributed by atoms with Gasteiger partial charge in [0.1, 0.15) is 16.6 Å². The molecule has 0 amide bonds. The number of carbonyl (C=O) groups is 2. The lowest BCUT2D eigenvalue weighted by Gasteiger charge is -2.01. The van der Waals surface area contributed by atoms with Crippen molar-refractivity contribution < 1.29 is 19.1 Å². The highest BCUT2D eigenvalue weighted by Crippen LogP contribution is 2.27. The first-order valence-electron chi connectivity index (χ1n) is 6.16. The quantitative estimate of drug-likeness (QED) is 0.666. The predicted molar refractivity (Wildman–Crippen MR) is 75.0 cm³/mol. The molecule has 0 bridgehead atoms. The molecule has 3 heterocycles. The van der Waals surface area contributed by atoms with Crippen LogP contribution < -0.4 is 5.43 Å². The van der Waals surface area contributed by atoms with Crippen LogP contribution in [-0.4, -0.2) is 30.6 Å². The maximum Gasteiger partial charge on any atom is 0.341 e. The van der Waals surface area contributed by atoms with Crippen molar-refractivity contribution in [2.45, 2.75) is 0 Å². The third kappa shape index (κ3) is 1.69. The van der Waals surface area contributed by atoms with Gasteiger partial charge in [-0.3, -0.25) is 4.79 Å². The summed E-state index contributed by atoms with van der Waals surface area (Å²) in [6.07, 6.45) is 0. The topological polar surface area (TPSA) is 74.1 Å². The number of carbonyl (C=O) groups excluding carboxylic acids is 2. The monoisotopic (exact) mass is 285 g/mol. The summed E-state index contributed by atoms with van der Waals surface area (Å²) in [5, 5.41) is 0. The van der Waals surface area contributed by atoms with E-state index < -0.39 is 11.9 Å². The zero-order chi connectivity index (χ0) is 15.1. The number of esters is 2. The van der Waals surface area contributed by atoms with E-state index in [1.54, 1.807) is 28.7 Å². The van der Waals surface area contributed by atoms with Crippen molar-refractivity contribution in [1.29, 1.82) is 0 Å². The maximum absolute atomic E-state index is 12.2. The minimum absolute atomic E-state index is 0.0400. The lowest BCUT2D eigenvalue weighted by Crippen LogP contribution is -2.12. The smallest absolute Gasteiger partial charge is 0.341 e. The summed E-state index contributed by atoms with van der Waals surface area (Å²) in [6.45, 7) is 0. The van der Waals surface area contributed by atoms with E-state index in [-0.39, 0.29) is 22.1 Å². The van der Waals surface area contributed by atoms with Gasteiger partial charge in [-0.2, -0.15) is 0 Å². The molecule has 0 aliphatic rings. The first-order chi connectivity index (χ1) is 10.1. The third-order valence-electron chi connectivity index (χ3n) is 3.40. The molecule has 0 aliphatic carbocycles. The van der Waals surface area contributed by atoms with Crippen molar-refractivity contribution in [3.63, 3.8) is 0 Å². The number of pyridine rings is 2. The largest absolute Gasteiger partial charge is 0.465 e. The summed E-state index contributed by atoms with van der Waals surface area (Å²) < 4.78 is 11.0. The summed E-state index contributed by atoms with van der Waals surface area (Å²) in [5.41, 5.74) is 0.869. The molecule has 106 valence electrons. The van der Waals surface area contributed by atoms with Crippen LogP contribution in [0.5, 0.6) is 0 Å². The highest BCUT2D eigenvalue weighted by molar-refractivity contribution is 6.14. The molecule has 3 aromatic rings. The second-order valence-electron chi connectivity index (χ2n) is 4.45. The van der Waals surface area contributed by atoms with Crippen LogP contribution in [0.2, 0.25) is 0 Å². The molecule has 0 radical (unpaired) electrons. The molecule has 0 saturated heterocycles. The summed E-state index contributed by atoms with van der Waals surface area (Å²) in [6, 6.07) is 8.16. The van der Waals surface area contributed by atoms with E-state index in [4.69, 9.17) is 9.47 Å². The van der Waals surface area contributed by atoms with Crippen LogP contribution in [0.3, 0.4) is 0 Å². The standard InChI is InChI=1S/C15H11NO5/c1-20-14(18)11-9-5-3-4-8-6-7-10(17)13(16(8)9)12(11)15(19)21-2/h3-7H,1-2H3. The lowest BCUT2D eigenvalue weighted by atomic mass is 10.1. The molecule has 3 aromatic heterocycles. The van der Waals surface area contributed by atoms with Gasteiger partial charge >= 0.3 is 11.9 Å². The minimum Gasteiger partial charge on any atom is -0.465 e. The fraction of sp³-hybridized carbons (Fsp3) is 0.133. The van der Waals surface area contributed by atoms with Crippen molar-refractivity contribution in [1.82, 2.24) is 4.40 Å². The van der Waals surface area contributed by atoms with E-state index in [1.807, 2.05) is 0 Å². The van der Waals surface area contributed by atoms with Gasteiger partial charge in [-0.25, -0.2) is 9.59 Å². The zero-order valence-electron chi connectivity index (χ0n) is 11.4. The van der Waals surface area contributed by atoms with Crippen molar-refractivity contribution in [2.75, 3.05) is 14.2 Å². The van der Waals surface area contributed by atoms with Gasteiger partial charge in [-0.15, -0.1) is 0 Å². The van der Waals surface area contributed by atoms with Crippen LogP contribution in [0.4, 0.5) is 0 Å². The molecule has 3 rings (SSSR count). The Morgan fingerprint density at radius 2 is 1.62 bits per heavy atom. The summed E-state index contributed by atoms with van der Waals surface area (Å²) in [4.78, 5) is 36.3. The summed E-state index contributed by atoms with van der Waals surface area (Å²) in [7, 11) is 2.42. The van der Waals surface area contributed by atoms with E-state index in [1.165, 1.54) is 20.3 Å².